The second kappa shape index (κ2) is 9.16. The van der Waals surface area contributed by atoms with Gasteiger partial charge in [-0.15, -0.1) is 11.3 Å². The normalized spacial score (nSPS) is 17.1. The van der Waals surface area contributed by atoms with Gasteiger partial charge in [0.05, 0.1) is 10.4 Å². The van der Waals surface area contributed by atoms with Gasteiger partial charge < -0.3 is 26.6 Å². The predicted octanol–water partition coefficient (Wildman–Crippen LogP) is 0.849. The molecule has 3 atom stereocenters. The number of fused-ring (bicyclic) bond motifs is 1. The fourth-order valence-electron chi connectivity index (χ4n) is 3.47. The van der Waals surface area contributed by atoms with Crippen LogP contribution in [0.2, 0.25) is 0 Å². The van der Waals surface area contributed by atoms with E-state index in [9.17, 15) is 24.3 Å². The maximum absolute atomic E-state index is 12.5. The summed E-state index contributed by atoms with van der Waals surface area (Å²) in [7, 11) is 0. The molecule has 1 amide bonds. The van der Waals surface area contributed by atoms with E-state index in [2.05, 4.69) is 20.6 Å². The zero-order valence-corrected chi connectivity index (χ0v) is 17.5. The number of nitrogens with zero attached hydrogens (tertiary/aromatic N) is 1. The number of aromatic nitrogens is 2. The Hall–Kier alpha value is -3.41. The third kappa shape index (κ3) is 5.20. The first-order valence-corrected chi connectivity index (χ1v) is 10.4. The Balaban J connectivity index is 1.68. The first-order valence-electron chi connectivity index (χ1n) is 9.63. The van der Waals surface area contributed by atoms with E-state index in [1.54, 1.807) is 12.1 Å². The molecule has 0 spiro atoms. The molecule has 11 nitrogen and oxygen atoms in total. The minimum atomic E-state index is -1.29. The molecule has 3 heterocycles. The Labute approximate surface area is 180 Å². The second-order valence-electron chi connectivity index (χ2n) is 7.41. The van der Waals surface area contributed by atoms with Crippen molar-refractivity contribution in [3.63, 3.8) is 0 Å². The van der Waals surface area contributed by atoms with Crippen LogP contribution in [-0.2, 0) is 16.0 Å². The first kappa shape index (κ1) is 22.3. The molecule has 0 fully saturated rings. The lowest BCUT2D eigenvalue weighted by atomic mass is 9.85. The lowest BCUT2D eigenvalue weighted by Gasteiger charge is -2.28. The number of aliphatic carboxylic acids is 2. The maximum atomic E-state index is 12.5. The van der Waals surface area contributed by atoms with Gasteiger partial charge >= 0.3 is 11.9 Å². The quantitative estimate of drug-likeness (QED) is 0.339. The van der Waals surface area contributed by atoms with Crippen molar-refractivity contribution in [2.75, 3.05) is 17.6 Å². The maximum Gasteiger partial charge on any atom is 0.326 e. The number of carbonyl (C=O) groups excluding carboxylic acids is 1. The number of nitrogen functional groups attached to an aromatic ring is 1. The Morgan fingerprint density at radius 1 is 1.35 bits per heavy atom. The van der Waals surface area contributed by atoms with Crippen molar-refractivity contribution in [3.05, 3.63) is 37.8 Å². The number of nitrogens with two attached hydrogens (primary N) is 1. The molecule has 2 aromatic rings. The number of thiophene rings is 1. The molecule has 0 bridgehead atoms. The summed E-state index contributed by atoms with van der Waals surface area (Å²) in [5.41, 5.74) is 5.84. The molecule has 0 aromatic carbocycles. The summed E-state index contributed by atoms with van der Waals surface area (Å²) in [6.07, 6.45) is -0.0626. The fraction of sp³-hybridized carbons (Fsp3) is 0.421. The van der Waals surface area contributed by atoms with E-state index in [1.807, 2.05) is 6.92 Å². The molecule has 166 valence electrons. The molecule has 1 aliphatic rings. The van der Waals surface area contributed by atoms with E-state index in [0.29, 0.717) is 29.2 Å². The van der Waals surface area contributed by atoms with Crippen LogP contribution < -0.4 is 21.9 Å². The number of nitrogens with one attached hydrogen (secondary N) is 3. The van der Waals surface area contributed by atoms with Crippen LogP contribution in [0.5, 0.6) is 0 Å². The van der Waals surface area contributed by atoms with Gasteiger partial charge in [0.1, 0.15) is 11.9 Å². The van der Waals surface area contributed by atoms with Crippen LogP contribution in [0.25, 0.3) is 0 Å². The standard InChI is InChI=1S/C19H23N5O6S/c1-8(9-6-10-15(21-7-9)23-19(20)24-16(10)27)12-3-4-13(31-12)17(28)22-11(18(29)30)2-5-14(25)26/h3-4,8-9,11H,2,5-7H2,1H3,(H,22,28)(H,25,26)(H,29,30)(H4,20,21,23,24,27)/t8?,9?,11-/m0/s1. The highest BCUT2D eigenvalue weighted by Crippen LogP contribution is 2.35. The number of hydrogen-bond donors (Lipinski definition) is 6. The molecule has 3 rings (SSSR count). The summed E-state index contributed by atoms with van der Waals surface area (Å²) in [4.78, 5) is 54.5. The highest BCUT2D eigenvalue weighted by atomic mass is 32.1. The number of anilines is 2. The molecule has 2 unspecified atom stereocenters. The fourth-order valence-corrected chi connectivity index (χ4v) is 4.53. The molecule has 1 aliphatic heterocycles. The van der Waals surface area contributed by atoms with Crippen molar-refractivity contribution >= 4 is 40.9 Å². The van der Waals surface area contributed by atoms with Crippen LogP contribution in [0.1, 0.15) is 45.8 Å². The zero-order valence-electron chi connectivity index (χ0n) is 16.7. The highest BCUT2D eigenvalue weighted by molar-refractivity contribution is 7.14. The van der Waals surface area contributed by atoms with E-state index in [4.69, 9.17) is 10.8 Å². The van der Waals surface area contributed by atoms with Gasteiger partial charge in [0.2, 0.25) is 5.95 Å². The number of carboxylic acids is 2. The van der Waals surface area contributed by atoms with Crippen molar-refractivity contribution in [2.24, 2.45) is 5.92 Å². The van der Waals surface area contributed by atoms with Crippen LogP contribution >= 0.6 is 11.3 Å². The van der Waals surface area contributed by atoms with E-state index < -0.39 is 23.9 Å². The molecular weight excluding hydrogens is 426 g/mol. The molecule has 0 saturated heterocycles. The minimum Gasteiger partial charge on any atom is -0.481 e. The number of amides is 1. The van der Waals surface area contributed by atoms with Crippen LogP contribution in [-0.4, -0.2) is 50.6 Å². The monoisotopic (exact) mass is 449 g/mol. The topological polar surface area (TPSA) is 188 Å². The first-order chi connectivity index (χ1) is 14.7. The van der Waals surface area contributed by atoms with Crippen molar-refractivity contribution < 1.29 is 24.6 Å². The number of carboxylic acid groups (broad SMARTS) is 2. The number of aromatic amines is 1. The van der Waals surface area contributed by atoms with E-state index in [0.717, 1.165) is 4.88 Å². The average molecular weight is 449 g/mol. The van der Waals surface area contributed by atoms with Gasteiger partial charge in [-0.05, 0) is 36.8 Å². The number of H-pyrrole nitrogens is 1. The largest absolute Gasteiger partial charge is 0.481 e. The van der Waals surface area contributed by atoms with Gasteiger partial charge in [0, 0.05) is 17.8 Å². The summed E-state index contributed by atoms with van der Waals surface area (Å²) in [5, 5.41) is 23.5. The molecule has 12 heteroatoms. The zero-order chi connectivity index (χ0) is 22.7. The lowest BCUT2D eigenvalue weighted by Crippen LogP contribution is -2.40. The van der Waals surface area contributed by atoms with Crippen molar-refractivity contribution in [2.45, 2.75) is 38.1 Å². The Morgan fingerprint density at radius 3 is 2.77 bits per heavy atom. The van der Waals surface area contributed by atoms with Crippen LogP contribution in [0.4, 0.5) is 11.8 Å². The van der Waals surface area contributed by atoms with Crippen LogP contribution in [0.3, 0.4) is 0 Å². The van der Waals surface area contributed by atoms with E-state index in [-0.39, 0.29) is 36.2 Å². The summed E-state index contributed by atoms with van der Waals surface area (Å²) in [6, 6.07) is 2.14. The number of rotatable bonds is 8. The molecular formula is C19H23N5O6S. The Kier molecular flexibility index (Phi) is 6.59. The van der Waals surface area contributed by atoms with Crippen LogP contribution in [0.15, 0.2) is 16.9 Å². The van der Waals surface area contributed by atoms with Gasteiger partial charge in [-0.2, -0.15) is 4.98 Å². The summed E-state index contributed by atoms with van der Waals surface area (Å²) >= 11 is 1.24. The Bertz CT molecular complexity index is 1060. The molecule has 0 aliphatic carbocycles. The number of hydrogen-bond acceptors (Lipinski definition) is 8. The molecule has 0 radical (unpaired) electrons. The summed E-state index contributed by atoms with van der Waals surface area (Å²) in [5.74, 6) is -2.35. The van der Waals surface area contributed by atoms with E-state index >= 15 is 0 Å². The van der Waals surface area contributed by atoms with Gasteiger partial charge in [0.25, 0.3) is 11.5 Å². The highest BCUT2D eigenvalue weighted by Gasteiger charge is 2.29. The van der Waals surface area contributed by atoms with Crippen LogP contribution in [0, 0.1) is 5.92 Å². The van der Waals surface area contributed by atoms with Gasteiger partial charge in [-0.1, -0.05) is 6.92 Å². The number of carbonyl (C=O) groups is 3. The van der Waals surface area contributed by atoms with Crippen molar-refractivity contribution in [1.29, 1.82) is 0 Å². The molecule has 0 saturated carbocycles. The van der Waals surface area contributed by atoms with Crippen molar-refractivity contribution in [1.82, 2.24) is 15.3 Å². The summed E-state index contributed by atoms with van der Waals surface area (Å²) in [6.45, 7) is 2.58. The predicted molar refractivity (Wildman–Crippen MR) is 113 cm³/mol. The van der Waals surface area contributed by atoms with Gasteiger partial charge in [0.15, 0.2) is 0 Å². The van der Waals surface area contributed by atoms with E-state index in [1.165, 1.54) is 11.3 Å². The molecule has 7 N–H and O–H groups in total. The molecule has 31 heavy (non-hydrogen) atoms. The van der Waals surface area contributed by atoms with Gasteiger partial charge in [-0.25, -0.2) is 4.79 Å². The smallest absolute Gasteiger partial charge is 0.326 e. The second-order valence-corrected chi connectivity index (χ2v) is 8.53. The lowest BCUT2D eigenvalue weighted by molar-refractivity contribution is -0.140. The summed E-state index contributed by atoms with van der Waals surface area (Å²) < 4.78 is 0. The average Bonchev–Trinajstić information content (AvgIpc) is 3.20. The minimum absolute atomic E-state index is 0.0198. The molecule has 2 aromatic heterocycles. The third-order valence-corrected chi connectivity index (χ3v) is 6.57. The van der Waals surface area contributed by atoms with Gasteiger partial charge in [-0.3, -0.25) is 19.4 Å². The SMILES string of the molecule is CC(c1ccc(C(=O)N[C@@H](CCC(=O)O)C(=O)O)s1)C1CNc2nc(N)[nH]c(=O)c2C1. The Morgan fingerprint density at radius 2 is 2.10 bits per heavy atom. The van der Waals surface area contributed by atoms with Crippen molar-refractivity contribution in [3.8, 4) is 0 Å². The third-order valence-electron chi connectivity index (χ3n) is 5.29.